The highest BCUT2D eigenvalue weighted by Crippen LogP contribution is 2.26. The molecule has 0 radical (unpaired) electrons. The minimum Gasteiger partial charge on any atom is -0.345 e. The Morgan fingerprint density at radius 3 is 2.70 bits per heavy atom. The highest BCUT2D eigenvalue weighted by molar-refractivity contribution is 7.99. The third-order valence-electron chi connectivity index (χ3n) is 5.76. The Morgan fingerprint density at radius 1 is 1.03 bits per heavy atom. The molecule has 0 aliphatic rings. The van der Waals surface area contributed by atoms with E-state index < -0.39 is 0 Å². The van der Waals surface area contributed by atoms with Gasteiger partial charge in [0, 0.05) is 17.1 Å². The van der Waals surface area contributed by atoms with Crippen molar-refractivity contribution in [2.24, 2.45) is 0 Å². The van der Waals surface area contributed by atoms with Gasteiger partial charge in [-0.15, -0.1) is 21.5 Å². The zero-order valence-electron chi connectivity index (χ0n) is 20.3. The summed E-state index contributed by atoms with van der Waals surface area (Å²) in [6, 6.07) is 19.6. The molecule has 0 aliphatic heterocycles. The van der Waals surface area contributed by atoms with Gasteiger partial charge in [-0.05, 0) is 47.9 Å². The number of thiazole rings is 1. The molecule has 0 saturated carbocycles. The van der Waals surface area contributed by atoms with Crippen LogP contribution >= 0.6 is 23.1 Å². The number of amides is 2. The highest BCUT2D eigenvalue weighted by Gasteiger charge is 2.19. The first-order chi connectivity index (χ1) is 18.0. The summed E-state index contributed by atoms with van der Waals surface area (Å²) in [7, 11) is 0. The van der Waals surface area contributed by atoms with E-state index in [-0.39, 0.29) is 24.1 Å². The van der Waals surface area contributed by atoms with Crippen LogP contribution in [0.15, 0.2) is 77.4 Å². The summed E-state index contributed by atoms with van der Waals surface area (Å²) in [5, 5.41) is 19.3. The number of hydrogen-bond donors (Lipinski definition) is 2. The van der Waals surface area contributed by atoms with Crippen LogP contribution in [-0.4, -0.2) is 37.3 Å². The number of carbonyl (C=O) groups excluding carboxylic acids is 2. The average molecular weight is 529 g/mol. The lowest BCUT2D eigenvalue weighted by Crippen LogP contribution is -2.25. The second-order valence-electron chi connectivity index (χ2n) is 8.41. The smallest absolute Gasteiger partial charge is 0.252 e. The predicted molar refractivity (Wildman–Crippen MR) is 147 cm³/mol. The maximum absolute atomic E-state index is 13.1. The number of aromatic nitrogens is 4. The first kappa shape index (κ1) is 24.7. The Kier molecular flexibility index (Phi) is 7.29. The number of benzene rings is 3. The van der Waals surface area contributed by atoms with Gasteiger partial charge >= 0.3 is 0 Å². The molecule has 5 rings (SSSR count). The molecule has 186 valence electrons. The van der Waals surface area contributed by atoms with Crippen molar-refractivity contribution in [3.8, 4) is 5.69 Å². The Morgan fingerprint density at radius 2 is 1.86 bits per heavy atom. The lowest BCUT2D eigenvalue weighted by atomic mass is 10.0. The summed E-state index contributed by atoms with van der Waals surface area (Å²) in [6.07, 6.45) is 1.64. The van der Waals surface area contributed by atoms with Gasteiger partial charge in [0.1, 0.15) is 0 Å². The minimum absolute atomic E-state index is 0.144. The second-order valence-corrected chi connectivity index (χ2v) is 10.2. The van der Waals surface area contributed by atoms with Gasteiger partial charge in [0.25, 0.3) is 5.91 Å². The zero-order chi connectivity index (χ0) is 25.8. The average Bonchev–Trinajstić information content (AvgIpc) is 3.57. The van der Waals surface area contributed by atoms with Crippen LogP contribution in [0, 0.1) is 13.8 Å². The summed E-state index contributed by atoms with van der Waals surface area (Å²) in [6.45, 7) is 4.20. The molecule has 0 spiro atoms. The molecule has 0 aliphatic carbocycles. The molecule has 0 atom stereocenters. The number of aryl methyl sites for hydroxylation is 2. The minimum atomic E-state index is -0.190. The van der Waals surface area contributed by atoms with Gasteiger partial charge in [0.15, 0.2) is 16.1 Å². The fourth-order valence-corrected chi connectivity index (χ4v) is 5.27. The van der Waals surface area contributed by atoms with Crippen LogP contribution < -0.4 is 10.6 Å². The quantitative estimate of drug-likeness (QED) is 0.270. The Labute approximate surface area is 222 Å². The molecule has 0 fully saturated rings. The predicted octanol–water partition coefficient (Wildman–Crippen LogP) is 5.15. The molecule has 2 N–H and O–H groups in total. The summed E-state index contributed by atoms with van der Waals surface area (Å²) >= 11 is 2.64. The first-order valence-electron chi connectivity index (χ1n) is 11.6. The number of rotatable bonds is 8. The fraction of sp³-hybridized carbons (Fsp3) is 0.148. The Bertz CT molecular complexity index is 1570. The number of hydrogen-bond acceptors (Lipinski definition) is 7. The van der Waals surface area contributed by atoms with Crippen LogP contribution in [0.5, 0.6) is 0 Å². The number of nitrogens with zero attached hydrogens (tertiary/aromatic N) is 4. The van der Waals surface area contributed by atoms with Crippen LogP contribution in [-0.2, 0) is 11.3 Å². The normalized spacial score (nSPS) is 11.0. The van der Waals surface area contributed by atoms with Crippen molar-refractivity contribution >= 4 is 50.8 Å². The van der Waals surface area contributed by atoms with E-state index in [1.54, 1.807) is 11.6 Å². The van der Waals surface area contributed by atoms with E-state index in [1.807, 2.05) is 73.0 Å². The standard InChI is InChI=1S/C27H24N6O2S2/c1-17-10-11-18(2)22(14-17)33-23(31-32-27(33)37-16-24(34)30-26-28-12-13-36-26)15-29-25(35)21-9-5-7-19-6-3-4-8-20(19)21/h3-14H,15-16H2,1-2H3,(H,29,35)(H,28,30,34). The van der Waals surface area contributed by atoms with E-state index in [0.29, 0.717) is 21.7 Å². The van der Waals surface area contributed by atoms with Gasteiger partial charge in [-0.3, -0.25) is 14.2 Å². The second kappa shape index (κ2) is 10.9. The van der Waals surface area contributed by atoms with Gasteiger partial charge in [0.2, 0.25) is 5.91 Å². The number of carbonyl (C=O) groups is 2. The van der Waals surface area contributed by atoms with Crippen LogP contribution in [0.3, 0.4) is 0 Å². The van der Waals surface area contributed by atoms with Crippen LogP contribution in [0.4, 0.5) is 5.13 Å². The zero-order valence-corrected chi connectivity index (χ0v) is 21.9. The molecule has 0 saturated heterocycles. The highest BCUT2D eigenvalue weighted by atomic mass is 32.2. The molecule has 3 aromatic carbocycles. The van der Waals surface area contributed by atoms with E-state index in [9.17, 15) is 9.59 Å². The number of fused-ring (bicyclic) bond motifs is 1. The Balaban J connectivity index is 1.39. The summed E-state index contributed by atoms with van der Waals surface area (Å²) in [4.78, 5) is 29.7. The van der Waals surface area contributed by atoms with Crippen molar-refractivity contribution in [3.63, 3.8) is 0 Å². The van der Waals surface area contributed by atoms with Crippen LogP contribution in [0.25, 0.3) is 16.5 Å². The molecule has 2 amide bonds. The molecular formula is C27H24N6O2S2. The van der Waals surface area contributed by atoms with E-state index in [2.05, 4.69) is 31.9 Å². The first-order valence-corrected chi connectivity index (χ1v) is 13.5. The van der Waals surface area contributed by atoms with Gasteiger partial charge in [0.05, 0.1) is 18.0 Å². The number of thioether (sulfide) groups is 1. The van der Waals surface area contributed by atoms with Crippen molar-refractivity contribution in [1.82, 2.24) is 25.1 Å². The van der Waals surface area contributed by atoms with Crippen LogP contribution in [0.2, 0.25) is 0 Å². The SMILES string of the molecule is Cc1ccc(C)c(-n2c(CNC(=O)c3cccc4ccccc34)nnc2SCC(=O)Nc2nccs2)c1. The molecule has 2 heterocycles. The lowest BCUT2D eigenvalue weighted by molar-refractivity contribution is -0.113. The molecular weight excluding hydrogens is 504 g/mol. The molecule has 10 heteroatoms. The van der Waals surface area contributed by atoms with Gasteiger partial charge in [-0.25, -0.2) is 4.98 Å². The molecule has 0 bridgehead atoms. The van der Waals surface area contributed by atoms with E-state index in [1.165, 1.54) is 23.1 Å². The van der Waals surface area contributed by atoms with Crippen LogP contribution in [0.1, 0.15) is 27.3 Å². The fourth-order valence-electron chi connectivity index (χ4n) is 3.96. The maximum Gasteiger partial charge on any atom is 0.252 e. The summed E-state index contributed by atoms with van der Waals surface area (Å²) in [5.74, 6) is 0.348. The number of nitrogens with one attached hydrogen (secondary N) is 2. The molecule has 37 heavy (non-hydrogen) atoms. The summed E-state index contributed by atoms with van der Waals surface area (Å²) in [5.41, 5.74) is 3.62. The van der Waals surface area contributed by atoms with Gasteiger partial charge < -0.3 is 10.6 Å². The van der Waals surface area contributed by atoms with Crippen molar-refractivity contribution in [3.05, 3.63) is 94.8 Å². The Hall–Kier alpha value is -4.02. The van der Waals surface area contributed by atoms with Crippen molar-refractivity contribution in [1.29, 1.82) is 0 Å². The van der Waals surface area contributed by atoms with E-state index in [4.69, 9.17) is 0 Å². The maximum atomic E-state index is 13.1. The number of anilines is 1. The van der Waals surface area contributed by atoms with E-state index >= 15 is 0 Å². The van der Waals surface area contributed by atoms with Crippen molar-refractivity contribution in [2.45, 2.75) is 25.5 Å². The monoisotopic (exact) mass is 528 g/mol. The summed E-state index contributed by atoms with van der Waals surface area (Å²) < 4.78 is 1.91. The molecule has 2 aromatic heterocycles. The molecule has 8 nitrogen and oxygen atoms in total. The third-order valence-corrected chi connectivity index (χ3v) is 7.38. The van der Waals surface area contributed by atoms with Gasteiger partial charge in [-0.1, -0.05) is 60.3 Å². The van der Waals surface area contributed by atoms with Crippen molar-refractivity contribution in [2.75, 3.05) is 11.1 Å². The van der Waals surface area contributed by atoms with Gasteiger partial charge in [-0.2, -0.15) is 0 Å². The van der Waals surface area contributed by atoms with E-state index in [0.717, 1.165) is 27.6 Å². The lowest BCUT2D eigenvalue weighted by Gasteiger charge is -2.14. The molecule has 5 aromatic rings. The topological polar surface area (TPSA) is 102 Å². The third kappa shape index (κ3) is 5.55. The molecule has 0 unspecified atom stereocenters. The van der Waals surface area contributed by atoms with Crippen molar-refractivity contribution < 1.29 is 9.59 Å². The largest absolute Gasteiger partial charge is 0.345 e.